The van der Waals surface area contributed by atoms with E-state index in [2.05, 4.69) is 0 Å². The maximum Gasteiger partial charge on any atom is 0.297 e. The Bertz CT molecular complexity index is 105. The van der Waals surface area contributed by atoms with Crippen molar-refractivity contribution >= 4 is 45.2 Å². The van der Waals surface area contributed by atoms with Gasteiger partial charge >= 0.3 is 0 Å². The van der Waals surface area contributed by atoms with Crippen LogP contribution in [0.25, 0.3) is 0 Å². The number of alkyl halides is 4. The van der Waals surface area contributed by atoms with E-state index in [1.165, 1.54) is 0 Å². The van der Waals surface area contributed by atoms with Gasteiger partial charge in [-0.1, -0.05) is 22.6 Å². The fourth-order valence-corrected chi connectivity index (χ4v) is 2.74. The normalized spacial score (nSPS) is 15.0. The molecule has 0 spiro atoms. The minimum absolute atomic E-state index is 0.0977. The van der Waals surface area contributed by atoms with Gasteiger partial charge in [0.1, 0.15) is 0 Å². The lowest BCUT2D eigenvalue weighted by atomic mass is 10.3. The van der Waals surface area contributed by atoms with Crippen molar-refractivity contribution in [1.82, 2.24) is 0 Å². The smallest absolute Gasteiger partial charge is 0.297 e. The first-order valence-electron chi connectivity index (χ1n) is 3.24. The highest BCUT2D eigenvalue weighted by atomic mass is 127. The summed E-state index contributed by atoms with van der Waals surface area (Å²) in [6, 6.07) is 0. The Balaban J connectivity index is 3.44. The zero-order chi connectivity index (χ0) is 8.91. The van der Waals surface area contributed by atoms with Crippen LogP contribution in [0.1, 0.15) is 13.3 Å². The molecular weight excluding hydrogens is 380 g/mol. The van der Waals surface area contributed by atoms with E-state index in [0.717, 1.165) is 22.6 Å². The summed E-state index contributed by atoms with van der Waals surface area (Å²) in [6.07, 6.45) is -0.117. The fourth-order valence-electron chi connectivity index (χ4n) is 0.556. The van der Waals surface area contributed by atoms with E-state index in [9.17, 15) is 8.78 Å². The number of rotatable bonds is 5. The average molecular weight is 390 g/mol. The summed E-state index contributed by atoms with van der Waals surface area (Å²) in [6.45, 7) is 2.85. The molecular formula is C6H10F2I2O. The molecule has 0 aromatic carbocycles. The van der Waals surface area contributed by atoms with Crippen LogP contribution in [0.15, 0.2) is 0 Å². The van der Waals surface area contributed by atoms with Crippen LogP contribution >= 0.6 is 45.2 Å². The number of hydrogen-bond acceptors (Lipinski definition) is 1. The van der Waals surface area contributed by atoms with Crippen molar-refractivity contribution in [2.24, 2.45) is 0 Å². The molecule has 0 aromatic heterocycles. The lowest BCUT2D eigenvalue weighted by Crippen LogP contribution is -2.17. The second-order valence-electron chi connectivity index (χ2n) is 2.08. The van der Waals surface area contributed by atoms with E-state index in [-0.39, 0.29) is 10.3 Å². The Labute approximate surface area is 92.5 Å². The van der Waals surface area contributed by atoms with E-state index >= 15 is 0 Å². The van der Waals surface area contributed by atoms with E-state index in [1.54, 1.807) is 0 Å². The molecule has 11 heavy (non-hydrogen) atoms. The van der Waals surface area contributed by atoms with E-state index in [4.69, 9.17) is 4.74 Å². The molecule has 68 valence electrons. The van der Waals surface area contributed by atoms with Gasteiger partial charge in [-0.25, -0.2) is 0 Å². The van der Waals surface area contributed by atoms with Gasteiger partial charge in [-0.2, -0.15) is 8.78 Å². The van der Waals surface area contributed by atoms with E-state index in [1.807, 2.05) is 29.5 Å². The van der Waals surface area contributed by atoms with Gasteiger partial charge in [0.05, 0.1) is 6.61 Å². The van der Waals surface area contributed by atoms with Crippen LogP contribution in [0.4, 0.5) is 8.78 Å². The molecule has 1 nitrogen and oxygen atoms in total. The molecule has 0 rings (SSSR count). The summed E-state index contributed by atoms with van der Waals surface area (Å²) in [5.74, 6) is 0. The summed E-state index contributed by atoms with van der Waals surface area (Å²) < 4.78 is 27.0. The first kappa shape index (κ1) is 12.3. The summed E-state index contributed by atoms with van der Waals surface area (Å²) in [5.41, 5.74) is 0. The van der Waals surface area contributed by atoms with Crippen molar-refractivity contribution < 1.29 is 13.5 Å². The molecule has 0 aromatic rings. The third-order valence-corrected chi connectivity index (χ3v) is 2.20. The van der Waals surface area contributed by atoms with Gasteiger partial charge in [-0.15, -0.1) is 0 Å². The van der Waals surface area contributed by atoms with Gasteiger partial charge < -0.3 is 4.74 Å². The van der Waals surface area contributed by atoms with Crippen molar-refractivity contribution in [3.8, 4) is 0 Å². The standard InChI is InChI=1S/C6H10F2I2O/c1-2-11-4-5(9)3-6(7,8)10/h5H,2-4H2,1H3. The zero-order valence-electron chi connectivity index (χ0n) is 6.12. The molecule has 0 aliphatic carbocycles. The van der Waals surface area contributed by atoms with E-state index < -0.39 is 3.93 Å². The van der Waals surface area contributed by atoms with Gasteiger partial charge in [-0.05, 0) is 29.5 Å². The quantitative estimate of drug-likeness (QED) is 0.518. The number of ether oxygens (including phenoxy) is 1. The van der Waals surface area contributed by atoms with Crippen molar-refractivity contribution in [3.63, 3.8) is 0 Å². The molecule has 0 saturated heterocycles. The Morgan fingerprint density at radius 1 is 1.55 bits per heavy atom. The number of hydrogen-bond donors (Lipinski definition) is 0. The first-order valence-corrected chi connectivity index (χ1v) is 5.56. The molecule has 0 heterocycles. The molecule has 0 N–H and O–H groups in total. The van der Waals surface area contributed by atoms with Gasteiger partial charge in [0.2, 0.25) is 0 Å². The number of halogens is 4. The average Bonchev–Trinajstić information content (AvgIpc) is 1.79. The van der Waals surface area contributed by atoms with Crippen molar-refractivity contribution in [2.45, 2.75) is 21.2 Å². The molecule has 0 saturated carbocycles. The van der Waals surface area contributed by atoms with Crippen molar-refractivity contribution in [1.29, 1.82) is 0 Å². The van der Waals surface area contributed by atoms with Crippen LogP contribution < -0.4 is 0 Å². The minimum Gasteiger partial charge on any atom is -0.381 e. The summed E-state index contributed by atoms with van der Waals surface area (Å²) in [5, 5.41) is 0. The minimum atomic E-state index is -2.60. The molecule has 1 unspecified atom stereocenters. The SMILES string of the molecule is CCOCC(I)CC(F)(F)I. The Kier molecular flexibility index (Phi) is 6.53. The van der Waals surface area contributed by atoms with Gasteiger partial charge in [0, 0.05) is 17.0 Å². The van der Waals surface area contributed by atoms with E-state index in [0.29, 0.717) is 13.2 Å². The van der Waals surface area contributed by atoms with Crippen LogP contribution in [0.5, 0.6) is 0 Å². The van der Waals surface area contributed by atoms with Crippen LogP contribution in [0.3, 0.4) is 0 Å². The zero-order valence-corrected chi connectivity index (χ0v) is 10.4. The fraction of sp³-hybridized carbons (Fsp3) is 1.00. The Hall–Kier alpha value is 1.28. The summed E-state index contributed by atoms with van der Waals surface area (Å²) >= 11 is 3.13. The second kappa shape index (κ2) is 5.85. The highest BCUT2D eigenvalue weighted by Gasteiger charge is 2.27. The third kappa shape index (κ3) is 9.19. The van der Waals surface area contributed by atoms with Crippen molar-refractivity contribution in [3.05, 3.63) is 0 Å². The van der Waals surface area contributed by atoms with Crippen molar-refractivity contribution in [2.75, 3.05) is 13.2 Å². The van der Waals surface area contributed by atoms with Crippen LogP contribution in [-0.4, -0.2) is 21.1 Å². The van der Waals surface area contributed by atoms with Crippen LogP contribution in [-0.2, 0) is 4.74 Å². The molecule has 0 aliphatic rings. The predicted octanol–water partition coefficient (Wildman–Crippen LogP) is 3.24. The maximum absolute atomic E-state index is 12.3. The Morgan fingerprint density at radius 2 is 2.09 bits per heavy atom. The summed E-state index contributed by atoms with van der Waals surface area (Å²) in [7, 11) is 0. The predicted molar refractivity (Wildman–Crippen MR) is 57.9 cm³/mol. The lowest BCUT2D eigenvalue weighted by Gasteiger charge is -2.13. The molecule has 5 heteroatoms. The second-order valence-corrected chi connectivity index (χ2v) is 5.42. The monoisotopic (exact) mass is 390 g/mol. The largest absolute Gasteiger partial charge is 0.381 e. The molecule has 0 fully saturated rings. The van der Waals surface area contributed by atoms with Gasteiger partial charge in [-0.3, -0.25) is 0 Å². The van der Waals surface area contributed by atoms with Gasteiger partial charge in [0.15, 0.2) is 0 Å². The summed E-state index contributed by atoms with van der Waals surface area (Å²) in [4.78, 5) is 0. The lowest BCUT2D eigenvalue weighted by molar-refractivity contribution is 0.0937. The highest BCUT2D eigenvalue weighted by molar-refractivity contribution is 14.1. The molecule has 0 bridgehead atoms. The molecule has 0 amide bonds. The van der Waals surface area contributed by atoms with Crippen LogP contribution in [0, 0.1) is 0 Å². The molecule has 0 radical (unpaired) electrons. The third-order valence-electron chi connectivity index (χ3n) is 0.956. The molecule has 0 aliphatic heterocycles. The first-order chi connectivity index (χ1) is 4.95. The van der Waals surface area contributed by atoms with Gasteiger partial charge in [0.25, 0.3) is 3.93 Å². The van der Waals surface area contributed by atoms with Crippen LogP contribution in [0.2, 0.25) is 0 Å². The maximum atomic E-state index is 12.3. The Morgan fingerprint density at radius 3 is 2.45 bits per heavy atom. The highest BCUT2D eigenvalue weighted by Crippen LogP contribution is 2.30. The molecule has 1 atom stereocenters. The topological polar surface area (TPSA) is 9.23 Å².